The summed E-state index contributed by atoms with van der Waals surface area (Å²) >= 11 is 0. The molecular formula is C13H13N5O5. The van der Waals surface area contributed by atoms with Gasteiger partial charge in [-0.1, -0.05) is 5.92 Å². The number of carboxylic acid groups (broad SMARTS) is 1. The Balaban J connectivity index is 2.24. The van der Waals surface area contributed by atoms with E-state index in [9.17, 15) is 14.4 Å². The number of aliphatic carboxylic acids is 1. The van der Waals surface area contributed by atoms with Crippen molar-refractivity contribution < 1.29 is 14.6 Å². The van der Waals surface area contributed by atoms with Crippen molar-refractivity contribution in [3.63, 3.8) is 0 Å². The van der Waals surface area contributed by atoms with Gasteiger partial charge < -0.3 is 15.6 Å². The van der Waals surface area contributed by atoms with Gasteiger partial charge in [-0.15, -0.1) is 6.42 Å². The number of ether oxygens (including phenoxy) is 1. The van der Waals surface area contributed by atoms with E-state index in [0.29, 0.717) is 6.42 Å². The lowest BCUT2D eigenvalue weighted by atomic mass is 10.2. The summed E-state index contributed by atoms with van der Waals surface area (Å²) in [7, 11) is 0. The first-order chi connectivity index (χ1) is 10.9. The van der Waals surface area contributed by atoms with Gasteiger partial charge in [0.25, 0.3) is 5.56 Å². The van der Waals surface area contributed by atoms with Crippen molar-refractivity contribution in [1.82, 2.24) is 19.1 Å². The molecule has 0 spiro atoms. The van der Waals surface area contributed by atoms with Crippen LogP contribution in [0.4, 0.5) is 5.95 Å². The van der Waals surface area contributed by atoms with Crippen LogP contribution < -0.4 is 17.0 Å². The van der Waals surface area contributed by atoms with Crippen LogP contribution in [0.2, 0.25) is 0 Å². The molecular weight excluding hydrogens is 306 g/mol. The number of aromatic nitrogens is 4. The molecule has 1 aliphatic rings. The van der Waals surface area contributed by atoms with Crippen molar-refractivity contribution in [3.05, 3.63) is 20.8 Å². The molecule has 2 aromatic rings. The lowest BCUT2D eigenvalue weighted by molar-refractivity contribution is -0.151. The zero-order chi connectivity index (χ0) is 16.7. The maximum atomic E-state index is 12.6. The molecule has 2 unspecified atom stereocenters. The van der Waals surface area contributed by atoms with Gasteiger partial charge in [0.1, 0.15) is 6.23 Å². The highest BCUT2D eigenvalue weighted by Crippen LogP contribution is 2.29. The highest BCUT2D eigenvalue weighted by Gasteiger charge is 2.34. The number of rotatable bonds is 3. The summed E-state index contributed by atoms with van der Waals surface area (Å²) < 4.78 is 7.58. The molecule has 10 heteroatoms. The van der Waals surface area contributed by atoms with Gasteiger partial charge in [-0.3, -0.25) is 14.3 Å². The summed E-state index contributed by atoms with van der Waals surface area (Å²) in [5.74, 6) is 1.01. The highest BCUT2D eigenvalue weighted by molar-refractivity contribution is 5.73. The molecule has 0 aromatic carbocycles. The molecule has 0 saturated carbocycles. The molecule has 0 aliphatic carbocycles. The van der Waals surface area contributed by atoms with E-state index in [-0.39, 0.29) is 30.1 Å². The molecule has 0 bridgehead atoms. The maximum Gasteiger partial charge on any atom is 0.333 e. The minimum absolute atomic E-state index is 0.0162. The summed E-state index contributed by atoms with van der Waals surface area (Å²) in [4.78, 5) is 42.0. The van der Waals surface area contributed by atoms with Crippen LogP contribution in [0.5, 0.6) is 0 Å². The first kappa shape index (κ1) is 14.9. The molecule has 4 N–H and O–H groups in total. The van der Waals surface area contributed by atoms with Crippen molar-refractivity contribution in [3.8, 4) is 12.3 Å². The Bertz CT molecular complexity index is 947. The van der Waals surface area contributed by atoms with Gasteiger partial charge in [-0.05, 0) is 12.8 Å². The summed E-state index contributed by atoms with van der Waals surface area (Å²) in [5.41, 5.74) is 4.32. The van der Waals surface area contributed by atoms with Crippen LogP contribution in [0, 0.1) is 12.3 Å². The predicted octanol–water partition coefficient (Wildman–Crippen LogP) is -1.14. The number of aromatic amines is 1. The molecule has 23 heavy (non-hydrogen) atoms. The summed E-state index contributed by atoms with van der Waals surface area (Å²) in [6.07, 6.45) is 3.91. The second-order valence-corrected chi connectivity index (χ2v) is 5.06. The standard InChI is InChI=1S/C13H13N5O5/c1-2-5-17-8-9(15-12(14)16-10(8)19)18(13(17)22)7-4-3-6(23-7)11(20)21/h1,6-7H,3-5H2,(H,20,21)(H3,14,15,16,19). The number of nitrogens with two attached hydrogens (primary N) is 1. The number of hydrogen-bond donors (Lipinski definition) is 3. The van der Waals surface area contributed by atoms with Crippen molar-refractivity contribution in [1.29, 1.82) is 0 Å². The van der Waals surface area contributed by atoms with Gasteiger partial charge in [-0.2, -0.15) is 4.98 Å². The molecule has 1 saturated heterocycles. The lowest BCUT2D eigenvalue weighted by Crippen LogP contribution is -2.29. The smallest absolute Gasteiger partial charge is 0.333 e. The van der Waals surface area contributed by atoms with E-state index < -0.39 is 29.6 Å². The number of terminal acetylenes is 1. The number of fused-ring (bicyclic) bond motifs is 1. The summed E-state index contributed by atoms with van der Waals surface area (Å²) in [6, 6.07) is 0. The molecule has 0 amide bonds. The van der Waals surface area contributed by atoms with Crippen molar-refractivity contribution in [2.24, 2.45) is 0 Å². The first-order valence-corrected chi connectivity index (χ1v) is 6.76. The monoisotopic (exact) mass is 319 g/mol. The lowest BCUT2D eigenvalue weighted by Gasteiger charge is -2.12. The molecule has 0 radical (unpaired) electrons. The summed E-state index contributed by atoms with van der Waals surface area (Å²) in [6.45, 7) is -0.133. The number of imidazole rings is 1. The van der Waals surface area contributed by atoms with Crippen LogP contribution in [-0.4, -0.2) is 36.3 Å². The fourth-order valence-electron chi connectivity index (χ4n) is 2.69. The normalized spacial score (nSPS) is 20.7. The van der Waals surface area contributed by atoms with Gasteiger partial charge in [0.15, 0.2) is 17.3 Å². The van der Waals surface area contributed by atoms with Crippen LogP contribution in [0.25, 0.3) is 11.2 Å². The Hall–Kier alpha value is -3.06. The second-order valence-electron chi connectivity index (χ2n) is 5.06. The number of nitrogen functional groups attached to an aromatic ring is 1. The maximum absolute atomic E-state index is 12.6. The molecule has 1 aliphatic heterocycles. The molecule has 3 heterocycles. The minimum atomic E-state index is -1.11. The number of carboxylic acids is 1. The third kappa shape index (κ3) is 2.27. The predicted molar refractivity (Wildman–Crippen MR) is 78.6 cm³/mol. The van der Waals surface area contributed by atoms with E-state index in [1.807, 2.05) is 0 Å². The van der Waals surface area contributed by atoms with E-state index in [1.165, 1.54) is 0 Å². The third-order valence-corrected chi connectivity index (χ3v) is 3.64. The Morgan fingerprint density at radius 1 is 1.52 bits per heavy atom. The fraction of sp³-hybridized carbons (Fsp3) is 0.385. The van der Waals surface area contributed by atoms with Gasteiger partial charge in [0, 0.05) is 0 Å². The molecule has 120 valence electrons. The van der Waals surface area contributed by atoms with Crippen LogP contribution in [0.15, 0.2) is 9.59 Å². The topological polar surface area (TPSA) is 145 Å². The van der Waals surface area contributed by atoms with E-state index >= 15 is 0 Å². The van der Waals surface area contributed by atoms with Crippen LogP contribution in [-0.2, 0) is 16.1 Å². The van der Waals surface area contributed by atoms with Crippen molar-refractivity contribution in [2.75, 3.05) is 5.73 Å². The van der Waals surface area contributed by atoms with E-state index in [1.54, 1.807) is 0 Å². The average molecular weight is 319 g/mol. The number of hydrogen-bond acceptors (Lipinski definition) is 6. The minimum Gasteiger partial charge on any atom is -0.479 e. The van der Waals surface area contributed by atoms with E-state index in [4.69, 9.17) is 22.0 Å². The third-order valence-electron chi connectivity index (χ3n) is 3.64. The van der Waals surface area contributed by atoms with Crippen LogP contribution in [0.1, 0.15) is 19.1 Å². The van der Waals surface area contributed by atoms with Gasteiger partial charge in [0.2, 0.25) is 5.95 Å². The Morgan fingerprint density at radius 2 is 2.26 bits per heavy atom. The average Bonchev–Trinajstić information content (AvgIpc) is 3.03. The van der Waals surface area contributed by atoms with Crippen LogP contribution >= 0.6 is 0 Å². The first-order valence-electron chi connectivity index (χ1n) is 6.76. The number of nitrogens with zero attached hydrogens (tertiary/aromatic N) is 3. The Kier molecular flexibility index (Phi) is 3.42. The Morgan fingerprint density at radius 3 is 2.87 bits per heavy atom. The Labute approximate surface area is 128 Å². The molecule has 1 fully saturated rings. The molecule has 3 rings (SSSR count). The van der Waals surface area contributed by atoms with E-state index in [2.05, 4.69) is 15.9 Å². The van der Waals surface area contributed by atoms with Gasteiger partial charge in [-0.25, -0.2) is 14.2 Å². The zero-order valence-corrected chi connectivity index (χ0v) is 11.9. The number of carbonyl (C=O) groups is 1. The zero-order valence-electron chi connectivity index (χ0n) is 11.9. The quantitative estimate of drug-likeness (QED) is 0.606. The molecule has 2 atom stereocenters. The SMILES string of the molecule is C#CCn1c(=O)n(C2CCC(C(=O)O)O2)c2nc(N)[nH]c(=O)c21. The second kappa shape index (κ2) is 5.29. The summed E-state index contributed by atoms with van der Waals surface area (Å²) in [5, 5.41) is 9.00. The van der Waals surface area contributed by atoms with E-state index in [0.717, 1.165) is 9.13 Å². The highest BCUT2D eigenvalue weighted by atomic mass is 16.5. The molecule has 2 aromatic heterocycles. The molecule has 10 nitrogen and oxygen atoms in total. The fourth-order valence-corrected chi connectivity index (χ4v) is 2.69. The van der Waals surface area contributed by atoms with Gasteiger partial charge in [0.05, 0.1) is 6.54 Å². The number of anilines is 1. The van der Waals surface area contributed by atoms with Crippen molar-refractivity contribution in [2.45, 2.75) is 31.7 Å². The van der Waals surface area contributed by atoms with Crippen molar-refractivity contribution >= 4 is 23.1 Å². The van der Waals surface area contributed by atoms with Gasteiger partial charge >= 0.3 is 11.7 Å². The largest absolute Gasteiger partial charge is 0.479 e. The number of H-pyrrole nitrogens is 1. The van der Waals surface area contributed by atoms with Crippen LogP contribution in [0.3, 0.4) is 0 Å². The number of nitrogens with one attached hydrogen (secondary N) is 1.